The Balaban J connectivity index is 1.64. The Labute approximate surface area is 118 Å². The van der Waals surface area contributed by atoms with E-state index >= 15 is 0 Å². The average molecular weight is 273 g/mol. The van der Waals surface area contributed by atoms with E-state index in [1.807, 2.05) is 26.4 Å². The van der Waals surface area contributed by atoms with Gasteiger partial charge in [0.2, 0.25) is 0 Å². The van der Waals surface area contributed by atoms with Gasteiger partial charge in [0.05, 0.1) is 11.8 Å². The van der Waals surface area contributed by atoms with Crippen LogP contribution in [0.1, 0.15) is 28.4 Å². The molecule has 0 spiro atoms. The number of fused-ring (bicyclic) bond motifs is 1. The predicted molar refractivity (Wildman–Crippen MR) is 74.4 cm³/mol. The minimum absolute atomic E-state index is 0.0326. The Kier molecular flexibility index (Phi) is 3.34. The van der Waals surface area contributed by atoms with Crippen molar-refractivity contribution >= 4 is 5.91 Å². The number of hydrogen-bond acceptors (Lipinski definition) is 3. The third-order valence-corrected chi connectivity index (χ3v) is 4.02. The monoisotopic (exact) mass is 273 g/mol. The summed E-state index contributed by atoms with van der Waals surface area (Å²) in [5.41, 5.74) is 0.657. The van der Waals surface area contributed by atoms with Gasteiger partial charge in [-0.25, -0.2) is 4.98 Å². The molecule has 3 heterocycles. The van der Waals surface area contributed by atoms with Gasteiger partial charge in [-0.3, -0.25) is 4.79 Å². The molecule has 0 fully saturated rings. The number of amides is 1. The molecule has 3 rings (SSSR count). The highest BCUT2D eigenvalue weighted by molar-refractivity contribution is 5.94. The SMILES string of the molecule is Cc1occc1C(=O)N(C)CC1CCn2ccnc2C1. The number of aromatic nitrogens is 2. The van der Waals surface area contributed by atoms with Crippen LogP contribution < -0.4 is 0 Å². The summed E-state index contributed by atoms with van der Waals surface area (Å²) >= 11 is 0. The second-order valence-electron chi connectivity index (χ2n) is 5.47. The summed E-state index contributed by atoms with van der Waals surface area (Å²) in [6.45, 7) is 3.57. The standard InChI is InChI=1S/C15H19N3O2/c1-11-13(4-8-20-11)15(19)17(2)10-12-3-6-18-7-5-16-14(18)9-12/h4-5,7-8,12H,3,6,9-10H2,1-2H3. The third kappa shape index (κ3) is 2.35. The number of nitrogens with zero attached hydrogens (tertiary/aromatic N) is 3. The molecule has 0 saturated heterocycles. The molecule has 5 heteroatoms. The van der Waals surface area contributed by atoms with E-state index in [0.717, 1.165) is 31.8 Å². The van der Waals surface area contributed by atoms with Crippen molar-refractivity contribution in [3.8, 4) is 0 Å². The van der Waals surface area contributed by atoms with E-state index in [0.29, 0.717) is 17.2 Å². The van der Waals surface area contributed by atoms with Crippen LogP contribution in [0.3, 0.4) is 0 Å². The number of furan rings is 1. The molecular weight excluding hydrogens is 254 g/mol. The zero-order valence-electron chi connectivity index (χ0n) is 11.9. The van der Waals surface area contributed by atoms with E-state index in [9.17, 15) is 4.79 Å². The van der Waals surface area contributed by atoms with Gasteiger partial charge in [0.25, 0.3) is 5.91 Å². The second kappa shape index (κ2) is 5.15. The lowest BCUT2D eigenvalue weighted by atomic mass is 9.97. The molecule has 20 heavy (non-hydrogen) atoms. The predicted octanol–water partition coefficient (Wildman–Crippen LogP) is 2.12. The Morgan fingerprint density at radius 3 is 3.20 bits per heavy atom. The summed E-state index contributed by atoms with van der Waals surface area (Å²) in [6.07, 6.45) is 7.46. The Morgan fingerprint density at radius 1 is 1.60 bits per heavy atom. The minimum atomic E-state index is 0.0326. The molecule has 0 saturated carbocycles. The molecule has 1 atom stereocenters. The molecule has 0 radical (unpaired) electrons. The topological polar surface area (TPSA) is 51.3 Å². The number of imidazole rings is 1. The van der Waals surface area contributed by atoms with Crippen molar-refractivity contribution in [3.05, 3.63) is 41.9 Å². The quantitative estimate of drug-likeness (QED) is 0.860. The van der Waals surface area contributed by atoms with Crippen molar-refractivity contribution in [2.24, 2.45) is 5.92 Å². The first-order valence-electron chi connectivity index (χ1n) is 6.94. The van der Waals surface area contributed by atoms with Crippen LogP contribution in [0.25, 0.3) is 0 Å². The van der Waals surface area contributed by atoms with Crippen LogP contribution in [0.15, 0.2) is 29.1 Å². The molecule has 2 aromatic rings. The van der Waals surface area contributed by atoms with Crippen molar-refractivity contribution in [2.45, 2.75) is 26.3 Å². The molecule has 1 unspecified atom stereocenters. The zero-order chi connectivity index (χ0) is 14.1. The van der Waals surface area contributed by atoms with Crippen LogP contribution in [0.4, 0.5) is 0 Å². The van der Waals surface area contributed by atoms with Crippen LogP contribution in [0.2, 0.25) is 0 Å². The van der Waals surface area contributed by atoms with Crippen LogP contribution in [-0.4, -0.2) is 34.0 Å². The number of hydrogen-bond donors (Lipinski definition) is 0. The molecule has 5 nitrogen and oxygen atoms in total. The van der Waals surface area contributed by atoms with Gasteiger partial charge < -0.3 is 13.9 Å². The zero-order valence-corrected chi connectivity index (χ0v) is 11.9. The van der Waals surface area contributed by atoms with Crippen molar-refractivity contribution in [1.29, 1.82) is 0 Å². The lowest BCUT2D eigenvalue weighted by Crippen LogP contribution is -2.35. The molecule has 0 N–H and O–H groups in total. The lowest BCUT2D eigenvalue weighted by Gasteiger charge is -2.27. The first-order valence-corrected chi connectivity index (χ1v) is 6.94. The second-order valence-corrected chi connectivity index (χ2v) is 5.47. The summed E-state index contributed by atoms with van der Waals surface area (Å²) < 4.78 is 7.39. The van der Waals surface area contributed by atoms with Gasteiger partial charge in [0.15, 0.2) is 0 Å². The summed E-state index contributed by atoms with van der Waals surface area (Å²) in [6, 6.07) is 1.74. The molecule has 2 aromatic heterocycles. The fraction of sp³-hybridized carbons (Fsp3) is 0.467. The molecule has 0 aromatic carbocycles. The molecule has 1 aliphatic heterocycles. The highest BCUT2D eigenvalue weighted by atomic mass is 16.3. The fourth-order valence-corrected chi connectivity index (χ4v) is 2.85. The normalized spacial score (nSPS) is 17.8. The van der Waals surface area contributed by atoms with Gasteiger partial charge in [-0.1, -0.05) is 0 Å². The summed E-state index contributed by atoms with van der Waals surface area (Å²) in [5, 5.41) is 0. The van der Waals surface area contributed by atoms with Crippen molar-refractivity contribution in [2.75, 3.05) is 13.6 Å². The molecular formula is C15H19N3O2. The maximum atomic E-state index is 12.3. The third-order valence-electron chi connectivity index (χ3n) is 4.02. The van der Waals surface area contributed by atoms with E-state index < -0.39 is 0 Å². The van der Waals surface area contributed by atoms with E-state index in [1.165, 1.54) is 0 Å². The van der Waals surface area contributed by atoms with Crippen LogP contribution in [0.5, 0.6) is 0 Å². The Hall–Kier alpha value is -2.04. The van der Waals surface area contributed by atoms with Gasteiger partial charge in [-0.15, -0.1) is 0 Å². The van der Waals surface area contributed by atoms with E-state index in [2.05, 4.69) is 9.55 Å². The maximum Gasteiger partial charge on any atom is 0.257 e. The smallest absolute Gasteiger partial charge is 0.257 e. The Bertz CT molecular complexity index is 614. The van der Waals surface area contributed by atoms with Crippen LogP contribution >= 0.6 is 0 Å². The maximum absolute atomic E-state index is 12.3. The number of aryl methyl sites for hydroxylation is 2. The highest BCUT2D eigenvalue weighted by Crippen LogP contribution is 2.21. The number of rotatable bonds is 3. The molecule has 1 aliphatic rings. The van der Waals surface area contributed by atoms with Gasteiger partial charge in [-0.05, 0) is 25.3 Å². The summed E-state index contributed by atoms with van der Waals surface area (Å²) in [7, 11) is 1.86. The Morgan fingerprint density at radius 2 is 2.45 bits per heavy atom. The largest absolute Gasteiger partial charge is 0.469 e. The average Bonchev–Trinajstić information content (AvgIpc) is 3.05. The van der Waals surface area contributed by atoms with Crippen LogP contribution in [0, 0.1) is 12.8 Å². The summed E-state index contributed by atoms with van der Waals surface area (Å²) in [4.78, 5) is 18.5. The molecule has 106 valence electrons. The number of carbonyl (C=O) groups excluding carboxylic acids is 1. The fourth-order valence-electron chi connectivity index (χ4n) is 2.85. The number of carbonyl (C=O) groups is 1. The van der Waals surface area contributed by atoms with Crippen LogP contribution in [-0.2, 0) is 13.0 Å². The van der Waals surface area contributed by atoms with E-state index in [4.69, 9.17) is 4.42 Å². The van der Waals surface area contributed by atoms with Gasteiger partial charge in [0.1, 0.15) is 11.6 Å². The first-order chi connectivity index (χ1) is 9.65. The van der Waals surface area contributed by atoms with E-state index in [-0.39, 0.29) is 5.91 Å². The molecule has 0 aliphatic carbocycles. The van der Waals surface area contributed by atoms with Crippen molar-refractivity contribution in [3.63, 3.8) is 0 Å². The summed E-state index contributed by atoms with van der Waals surface area (Å²) in [5.74, 6) is 2.32. The van der Waals surface area contributed by atoms with E-state index in [1.54, 1.807) is 17.2 Å². The van der Waals surface area contributed by atoms with Gasteiger partial charge >= 0.3 is 0 Å². The van der Waals surface area contributed by atoms with Crippen molar-refractivity contribution < 1.29 is 9.21 Å². The molecule has 0 bridgehead atoms. The minimum Gasteiger partial charge on any atom is -0.469 e. The van der Waals surface area contributed by atoms with Gasteiger partial charge in [-0.2, -0.15) is 0 Å². The highest BCUT2D eigenvalue weighted by Gasteiger charge is 2.23. The van der Waals surface area contributed by atoms with Gasteiger partial charge in [0, 0.05) is 39.0 Å². The molecule has 1 amide bonds. The van der Waals surface area contributed by atoms with Crippen molar-refractivity contribution in [1.82, 2.24) is 14.5 Å². The first kappa shape index (κ1) is 13.0. The lowest BCUT2D eigenvalue weighted by molar-refractivity contribution is 0.0762.